The first-order chi connectivity index (χ1) is 19.2. The van der Waals surface area contributed by atoms with E-state index in [1.807, 2.05) is 30.3 Å². The Morgan fingerprint density at radius 2 is 1.77 bits per heavy atom. The van der Waals surface area contributed by atoms with Crippen molar-refractivity contribution in [3.63, 3.8) is 0 Å². The lowest BCUT2D eigenvalue weighted by Crippen LogP contribution is -2.56. The van der Waals surface area contributed by atoms with Gasteiger partial charge in [0.05, 0.1) is 0 Å². The van der Waals surface area contributed by atoms with Gasteiger partial charge in [-0.15, -0.1) is 0 Å². The van der Waals surface area contributed by atoms with E-state index in [-0.39, 0.29) is 17.7 Å². The summed E-state index contributed by atoms with van der Waals surface area (Å²) in [5.41, 5.74) is -0.0570. The van der Waals surface area contributed by atoms with Gasteiger partial charge in [-0.25, -0.2) is 0 Å². The number of benzene rings is 2. The van der Waals surface area contributed by atoms with Crippen LogP contribution in [0.25, 0.3) is 10.8 Å². The van der Waals surface area contributed by atoms with Crippen molar-refractivity contribution in [3.8, 4) is 0 Å². The van der Waals surface area contributed by atoms with E-state index in [2.05, 4.69) is 41.9 Å². The van der Waals surface area contributed by atoms with Crippen LogP contribution in [0.3, 0.4) is 0 Å². The maximum Gasteiger partial charge on any atom is 0.254 e. The molecule has 1 saturated heterocycles. The number of carbonyl (C=O) groups excluding carboxylic acids is 3. The van der Waals surface area contributed by atoms with Gasteiger partial charge >= 0.3 is 0 Å². The van der Waals surface area contributed by atoms with Crippen LogP contribution in [0.4, 0.5) is 0 Å². The molecule has 3 amide bonds. The van der Waals surface area contributed by atoms with Crippen molar-refractivity contribution in [2.24, 2.45) is 5.92 Å². The van der Waals surface area contributed by atoms with Crippen molar-refractivity contribution >= 4 is 28.5 Å². The van der Waals surface area contributed by atoms with Crippen LogP contribution >= 0.6 is 0 Å². The van der Waals surface area contributed by atoms with Gasteiger partial charge in [-0.1, -0.05) is 69.2 Å². The largest absolute Gasteiger partial charge is 0.369 e. The zero-order chi connectivity index (χ0) is 29.1. The molecule has 1 fully saturated rings. The van der Waals surface area contributed by atoms with E-state index in [4.69, 9.17) is 4.74 Å². The van der Waals surface area contributed by atoms with Crippen molar-refractivity contribution in [2.75, 3.05) is 33.3 Å². The van der Waals surface area contributed by atoms with Gasteiger partial charge in [-0.2, -0.15) is 0 Å². The van der Waals surface area contributed by atoms with Crippen molar-refractivity contribution in [1.82, 2.24) is 20.9 Å². The Morgan fingerprint density at radius 3 is 2.48 bits per heavy atom. The van der Waals surface area contributed by atoms with Crippen LogP contribution in [-0.2, 0) is 25.5 Å². The highest BCUT2D eigenvalue weighted by molar-refractivity contribution is 5.94. The van der Waals surface area contributed by atoms with Crippen molar-refractivity contribution < 1.29 is 19.1 Å². The average molecular weight is 553 g/mol. The van der Waals surface area contributed by atoms with Crippen LogP contribution in [0.15, 0.2) is 42.5 Å². The van der Waals surface area contributed by atoms with Crippen molar-refractivity contribution in [1.29, 1.82) is 0 Å². The molecule has 2 aromatic carbocycles. The van der Waals surface area contributed by atoms with Crippen molar-refractivity contribution in [3.05, 3.63) is 48.0 Å². The molecular weight excluding hydrogens is 504 g/mol. The number of fused-ring (bicyclic) bond motifs is 1. The van der Waals surface area contributed by atoms with Gasteiger partial charge in [0.15, 0.2) is 0 Å². The summed E-state index contributed by atoms with van der Waals surface area (Å²) < 4.78 is 5.38. The summed E-state index contributed by atoms with van der Waals surface area (Å²) in [6, 6.07) is 12.8. The molecule has 1 aliphatic heterocycles. The zero-order valence-corrected chi connectivity index (χ0v) is 24.9. The summed E-state index contributed by atoms with van der Waals surface area (Å²) in [5, 5.41) is 11.7. The lowest BCUT2D eigenvalue weighted by molar-refractivity contribution is -0.154. The minimum absolute atomic E-state index is 0.213. The number of nitrogens with one attached hydrogen (secondary N) is 3. The second kappa shape index (κ2) is 15.1. The van der Waals surface area contributed by atoms with E-state index in [9.17, 15) is 14.4 Å². The zero-order valence-electron chi connectivity index (χ0n) is 24.9. The molecular formula is C32H48N4O4. The maximum absolute atomic E-state index is 13.5. The quantitative estimate of drug-likeness (QED) is 0.292. The molecule has 3 rings (SSSR count). The third-order valence-corrected chi connectivity index (χ3v) is 8.15. The Bertz CT molecular complexity index is 1130. The summed E-state index contributed by atoms with van der Waals surface area (Å²) in [6.07, 6.45) is 4.77. The average Bonchev–Trinajstić information content (AvgIpc) is 3.46. The predicted octanol–water partition coefficient (Wildman–Crippen LogP) is 3.82. The minimum Gasteiger partial charge on any atom is -0.369 e. The summed E-state index contributed by atoms with van der Waals surface area (Å²) in [4.78, 5) is 41.5. The normalized spacial score (nSPS) is 16.4. The summed E-state index contributed by atoms with van der Waals surface area (Å²) in [5.74, 6) is -0.0585. The highest BCUT2D eigenvalue weighted by Crippen LogP contribution is 2.23. The summed E-state index contributed by atoms with van der Waals surface area (Å²) in [7, 11) is 1.49. The second-order valence-electron chi connectivity index (χ2n) is 11.3. The molecule has 220 valence electrons. The van der Waals surface area contributed by atoms with E-state index in [0.717, 1.165) is 55.1 Å². The molecule has 0 radical (unpaired) electrons. The molecule has 8 heteroatoms. The first kappa shape index (κ1) is 31.6. The van der Waals surface area contributed by atoms with Crippen LogP contribution in [0.5, 0.6) is 0 Å². The Balaban J connectivity index is 1.67. The fourth-order valence-electron chi connectivity index (χ4n) is 5.23. The van der Waals surface area contributed by atoms with Crippen LogP contribution in [0, 0.1) is 5.92 Å². The molecule has 3 N–H and O–H groups in total. The maximum atomic E-state index is 13.5. The van der Waals surface area contributed by atoms with Gasteiger partial charge in [-0.3, -0.25) is 14.4 Å². The number of rotatable bonds is 15. The molecule has 1 aliphatic rings. The van der Waals surface area contributed by atoms with E-state index in [1.165, 1.54) is 7.11 Å². The van der Waals surface area contributed by atoms with Gasteiger partial charge < -0.3 is 25.6 Å². The molecule has 2 aromatic rings. The van der Waals surface area contributed by atoms with Crippen LogP contribution in [0.1, 0.15) is 65.4 Å². The van der Waals surface area contributed by atoms with E-state index in [1.54, 1.807) is 18.7 Å². The Morgan fingerprint density at radius 1 is 1.05 bits per heavy atom. The number of hydrogen-bond acceptors (Lipinski definition) is 5. The first-order valence-electron chi connectivity index (χ1n) is 14.8. The third kappa shape index (κ3) is 8.51. The van der Waals surface area contributed by atoms with Gasteiger partial charge in [0, 0.05) is 26.6 Å². The molecule has 8 nitrogen and oxygen atoms in total. The summed E-state index contributed by atoms with van der Waals surface area (Å²) >= 11 is 0. The molecule has 1 heterocycles. The number of methoxy groups -OCH3 is 1. The Hall–Kier alpha value is -2.97. The third-order valence-electron chi connectivity index (χ3n) is 8.15. The highest BCUT2D eigenvalue weighted by Gasteiger charge is 2.41. The predicted molar refractivity (Wildman–Crippen MR) is 160 cm³/mol. The molecule has 0 aromatic heterocycles. The van der Waals surface area contributed by atoms with Gasteiger partial charge in [0.2, 0.25) is 11.8 Å². The number of hydrogen-bond donors (Lipinski definition) is 3. The molecule has 0 spiro atoms. The number of amides is 3. The smallest absolute Gasteiger partial charge is 0.254 e. The van der Waals surface area contributed by atoms with Gasteiger partial charge in [0.1, 0.15) is 17.7 Å². The lowest BCUT2D eigenvalue weighted by Gasteiger charge is -2.32. The molecule has 40 heavy (non-hydrogen) atoms. The Labute approximate surface area is 239 Å². The van der Waals surface area contributed by atoms with Crippen LogP contribution in [-0.4, -0.2) is 73.6 Å². The molecule has 0 unspecified atom stereocenters. The fraction of sp³-hybridized carbons (Fsp3) is 0.594. The number of ether oxygens (including phenoxy) is 1. The fourth-order valence-corrected chi connectivity index (χ4v) is 5.23. The lowest BCUT2D eigenvalue weighted by atomic mass is 10.0. The van der Waals surface area contributed by atoms with Gasteiger partial charge in [-0.05, 0) is 68.5 Å². The van der Waals surface area contributed by atoms with Crippen LogP contribution < -0.4 is 16.0 Å². The van der Waals surface area contributed by atoms with Crippen molar-refractivity contribution in [2.45, 2.75) is 83.9 Å². The molecule has 0 bridgehead atoms. The van der Waals surface area contributed by atoms with E-state index < -0.39 is 17.7 Å². The highest BCUT2D eigenvalue weighted by atomic mass is 16.5. The number of nitrogens with zero attached hydrogens (tertiary/aromatic N) is 1. The Kier molecular flexibility index (Phi) is 11.9. The monoisotopic (exact) mass is 552 g/mol. The summed E-state index contributed by atoms with van der Waals surface area (Å²) in [6.45, 7) is 10.7. The number of carbonyl (C=O) groups is 3. The SMILES string of the molecule is CCC(CC)CNCCCNC(=O)[C@@H](Cc1ccc2ccccc2c1)NC(=O)[C@@H]1CCCN1C(=O)C(C)(C)OC. The van der Waals surface area contributed by atoms with E-state index in [0.29, 0.717) is 31.8 Å². The molecule has 2 atom stereocenters. The molecule has 0 aliphatic carbocycles. The standard InChI is InChI=1S/C32H48N4O4/c1-6-23(7-2)22-33-17-11-18-34-29(37)27(21-24-15-16-25-12-8-9-13-26(25)20-24)35-30(38)28-14-10-19-36(28)31(39)32(3,4)40-5/h8-9,12-13,15-16,20,23,27-28,33H,6-7,10-11,14,17-19,21-22H2,1-5H3,(H,34,37)(H,35,38)/t27-,28+/m1/s1. The van der Waals surface area contributed by atoms with E-state index >= 15 is 0 Å². The first-order valence-corrected chi connectivity index (χ1v) is 14.8. The molecule has 0 saturated carbocycles. The topological polar surface area (TPSA) is 99.8 Å². The minimum atomic E-state index is -1.02. The van der Waals surface area contributed by atoms with Gasteiger partial charge in [0.25, 0.3) is 5.91 Å². The number of likely N-dealkylation sites (tertiary alicyclic amines) is 1. The second-order valence-corrected chi connectivity index (χ2v) is 11.3. The van der Waals surface area contributed by atoms with Crippen LogP contribution in [0.2, 0.25) is 0 Å².